The van der Waals surface area contributed by atoms with Gasteiger partial charge in [-0.05, 0) is 48.7 Å². The Balaban J connectivity index is 2.09. The number of halogens is 1. The monoisotopic (exact) mass is 268 g/mol. The Morgan fingerprint density at radius 3 is 2.79 bits per heavy atom. The van der Waals surface area contributed by atoms with Crippen molar-refractivity contribution in [2.45, 2.75) is 13.3 Å². The first-order valence-corrected chi connectivity index (χ1v) is 6.55. The third kappa shape index (κ3) is 2.59. The van der Waals surface area contributed by atoms with Crippen molar-refractivity contribution in [1.29, 1.82) is 0 Å². The van der Waals surface area contributed by atoms with Crippen LogP contribution in [0.25, 0.3) is 10.9 Å². The Morgan fingerprint density at radius 1 is 1.05 bits per heavy atom. The maximum absolute atomic E-state index is 5.93. The van der Waals surface area contributed by atoms with Gasteiger partial charge < -0.3 is 0 Å². The number of aromatic nitrogens is 2. The van der Waals surface area contributed by atoms with E-state index in [9.17, 15) is 0 Å². The molecule has 0 aliphatic carbocycles. The summed E-state index contributed by atoms with van der Waals surface area (Å²) in [6, 6.07) is 12.3. The molecular weight excluding hydrogens is 256 g/mol. The van der Waals surface area contributed by atoms with Crippen molar-refractivity contribution in [2.75, 3.05) is 0 Å². The third-order valence-electron chi connectivity index (χ3n) is 3.11. The molecule has 0 amide bonds. The lowest BCUT2D eigenvalue weighted by Crippen LogP contribution is -1.93. The average Bonchev–Trinajstić information content (AvgIpc) is 2.38. The van der Waals surface area contributed by atoms with Gasteiger partial charge in [-0.15, -0.1) is 0 Å². The van der Waals surface area contributed by atoms with Crippen molar-refractivity contribution in [1.82, 2.24) is 9.97 Å². The second-order valence-corrected chi connectivity index (χ2v) is 5.05. The van der Waals surface area contributed by atoms with Gasteiger partial charge in [0.2, 0.25) is 0 Å². The minimum atomic E-state index is 0.530. The molecule has 0 saturated heterocycles. The summed E-state index contributed by atoms with van der Waals surface area (Å²) >= 11 is 5.93. The molecule has 0 aliphatic rings. The normalized spacial score (nSPS) is 10.8. The predicted octanol–water partition coefficient (Wildman–Crippen LogP) is 4.18. The highest BCUT2D eigenvalue weighted by Crippen LogP contribution is 2.22. The van der Waals surface area contributed by atoms with Crippen molar-refractivity contribution < 1.29 is 0 Å². The topological polar surface area (TPSA) is 25.8 Å². The Hall–Kier alpha value is -1.93. The Labute approximate surface area is 117 Å². The molecule has 0 bridgehead atoms. The number of hydrogen-bond donors (Lipinski definition) is 0. The number of aryl methyl sites for hydroxylation is 1. The lowest BCUT2D eigenvalue weighted by atomic mass is 10.00. The van der Waals surface area contributed by atoms with Gasteiger partial charge in [0.15, 0.2) is 0 Å². The van der Waals surface area contributed by atoms with E-state index in [2.05, 4.69) is 35.1 Å². The summed E-state index contributed by atoms with van der Waals surface area (Å²) in [6.45, 7) is 2.11. The molecule has 3 heteroatoms. The molecule has 0 saturated carbocycles. The molecule has 2 aromatic heterocycles. The molecular formula is C16H13ClN2. The van der Waals surface area contributed by atoms with Crippen LogP contribution < -0.4 is 0 Å². The molecule has 1 aromatic carbocycles. The fourth-order valence-corrected chi connectivity index (χ4v) is 2.54. The van der Waals surface area contributed by atoms with Crippen molar-refractivity contribution >= 4 is 22.5 Å². The number of hydrogen-bond acceptors (Lipinski definition) is 2. The van der Waals surface area contributed by atoms with Crippen LogP contribution in [-0.4, -0.2) is 9.97 Å². The summed E-state index contributed by atoms with van der Waals surface area (Å²) in [7, 11) is 0. The largest absolute Gasteiger partial charge is 0.256 e. The van der Waals surface area contributed by atoms with Crippen LogP contribution in [0.3, 0.4) is 0 Å². The van der Waals surface area contributed by atoms with E-state index in [4.69, 9.17) is 11.6 Å². The van der Waals surface area contributed by atoms with Crippen LogP contribution in [0.15, 0.2) is 48.8 Å². The molecule has 94 valence electrons. The van der Waals surface area contributed by atoms with Crippen LogP contribution in [0.4, 0.5) is 0 Å². The first-order valence-electron chi connectivity index (χ1n) is 6.17. The number of benzene rings is 1. The minimum absolute atomic E-state index is 0.530. The van der Waals surface area contributed by atoms with Crippen molar-refractivity contribution in [3.63, 3.8) is 0 Å². The molecule has 0 unspecified atom stereocenters. The van der Waals surface area contributed by atoms with Crippen LogP contribution in [0.5, 0.6) is 0 Å². The summed E-state index contributed by atoms with van der Waals surface area (Å²) in [5, 5.41) is 1.71. The molecule has 0 fully saturated rings. The summed E-state index contributed by atoms with van der Waals surface area (Å²) in [6.07, 6.45) is 4.39. The van der Waals surface area contributed by atoms with Gasteiger partial charge in [0.1, 0.15) is 5.15 Å². The molecule has 3 aromatic rings. The van der Waals surface area contributed by atoms with Crippen LogP contribution in [0, 0.1) is 6.92 Å². The minimum Gasteiger partial charge on any atom is -0.256 e. The first kappa shape index (κ1) is 12.1. The van der Waals surface area contributed by atoms with Crippen molar-refractivity contribution in [3.05, 3.63) is 70.6 Å². The third-order valence-corrected chi connectivity index (χ3v) is 3.32. The van der Waals surface area contributed by atoms with Crippen LogP contribution >= 0.6 is 11.6 Å². The Morgan fingerprint density at radius 2 is 1.95 bits per heavy atom. The van der Waals surface area contributed by atoms with Crippen molar-refractivity contribution in [2.24, 2.45) is 0 Å². The van der Waals surface area contributed by atoms with Crippen molar-refractivity contribution in [3.8, 4) is 0 Å². The number of fused-ring (bicyclic) bond motifs is 1. The summed E-state index contributed by atoms with van der Waals surface area (Å²) < 4.78 is 0. The van der Waals surface area contributed by atoms with Gasteiger partial charge in [0.25, 0.3) is 0 Å². The van der Waals surface area contributed by atoms with Gasteiger partial charge in [-0.3, -0.25) is 4.98 Å². The highest BCUT2D eigenvalue weighted by Gasteiger charge is 2.05. The van der Waals surface area contributed by atoms with E-state index >= 15 is 0 Å². The zero-order valence-corrected chi connectivity index (χ0v) is 11.4. The fraction of sp³-hybridized carbons (Fsp3) is 0.125. The maximum Gasteiger partial charge on any atom is 0.129 e. The quantitative estimate of drug-likeness (QED) is 0.652. The van der Waals surface area contributed by atoms with E-state index in [-0.39, 0.29) is 0 Å². The molecule has 0 atom stereocenters. The molecule has 2 nitrogen and oxygen atoms in total. The highest BCUT2D eigenvalue weighted by molar-refractivity contribution is 6.29. The van der Waals surface area contributed by atoms with E-state index in [0.29, 0.717) is 5.15 Å². The SMILES string of the molecule is Cc1cc(Cc2ccnc(Cl)c2)c2ncccc2c1. The van der Waals surface area contributed by atoms with Gasteiger partial charge in [-0.2, -0.15) is 0 Å². The molecule has 2 heterocycles. The molecule has 19 heavy (non-hydrogen) atoms. The summed E-state index contributed by atoms with van der Waals surface area (Å²) in [5.41, 5.74) is 4.67. The van der Waals surface area contributed by atoms with E-state index in [1.165, 1.54) is 16.5 Å². The first-order chi connectivity index (χ1) is 9.22. The zero-order chi connectivity index (χ0) is 13.2. The van der Waals surface area contributed by atoms with Gasteiger partial charge >= 0.3 is 0 Å². The molecule has 0 radical (unpaired) electrons. The lowest BCUT2D eigenvalue weighted by molar-refractivity contribution is 1.16. The Bertz CT molecular complexity index is 738. The maximum atomic E-state index is 5.93. The van der Waals surface area contributed by atoms with E-state index in [1.54, 1.807) is 6.20 Å². The number of pyridine rings is 2. The van der Waals surface area contributed by atoms with Crippen LogP contribution in [-0.2, 0) is 6.42 Å². The van der Waals surface area contributed by atoms with Gasteiger partial charge in [0.05, 0.1) is 5.52 Å². The number of nitrogens with zero attached hydrogens (tertiary/aromatic N) is 2. The second kappa shape index (κ2) is 4.98. The smallest absolute Gasteiger partial charge is 0.129 e. The predicted molar refractivity (Wildman–Crippen MR) is 78.5 cm³/mol. The summed E-state index contributed by atoms with van der Waals surface area (Å²) in [4.78, 5) is 8.50. The fourth-order valence-electron chi connectivity index (χ4n) is 2.34. The van der Waals surface area contributed by atoms with Crippen LogP contribution in [0.1, 0.15) is 16.7 Å². The average molecular weight is 269 g/mol. The molecule has 3 rings (SSSR count). The standard InChI is InChI=1S/C16H13ClN2/c1-11-7-13-3-2-5-19-16(13)14(8-11)9-12-4-6-18-15(17)10-12/h2-8,10H,9H2,1H3. The molecule has 0 N–H and O–H groups in total. The van der Waals surface area contributed by atoms with Gasteiger partial charge in [0, 0.05) is 17.8 Å². The molecule has 0 aliphatic heterocycles. The number of rotatable bonds is 2. The second-order valence-electron chi connectivity index (χ2n) is 4.66. The van der Waals surface area contributed by atoms with E-state index in [1.807, 2.05) is 24.4 Å². The van der Waals surface area contributed by atoms with Crippen LogP contribution in [0.2, 0.25) is 5.15 Å². The Kier molecular flexibility index (Phi) is 3.18. The lowest BCUT2D eigenvalue weighted by Gasteiger charge is -2.08. The summed E-state index contributed by atoms with van der Waals surface area (Å²) in [5.74, 6) is 0. The molecule has 0 spiro atoms. The van der Waals surface area contributed by atoms with E-state index < -0.39 is 0 Å². The zero-order valence-electron chi connectivity index (χ0n) is 10.6. The van der Waals surface area contributed by atoms with Gasteiger partial charge in [-0.1, -0.05) is 29.3 Å². The highest BCUT2D eigenvalue weighted by atomic mass is 35.5. The van der Waals surface area contributed by atoms with Gasteiger partial charge in [-0.25, -0.2) is 4.98 Å². The van der Waals surface area contributed by atoms with E-state index in [0.717, 1.165) is 17.5 Å².